The zero-order valence-electron chi connectivity index (χ0n) is 16.1. The molecule has 0 atom stereocenters. The number of para-hydroxylation sites is 1. The van der Waals surface area contributed by atoms with Gasteiger partial charge in [0, 0.05) is 0 Å². The van der Waals surface area contributed by atoms with Crippen LogP contribution in [0.4, 0.5) is 0 Å². The van der Waals surface area contributed by atoms with Crippen LogP contribution >= 0.6 is 0 Å². The van der Waals surface area contributed by atoms with E-state index in [1.807, 2.05) is 12.1 Å². The molecule has 0 bridgehead atoms. The first kappa shape index (κ1) is 19.3. The van der Waals surface area contributed by atoms with E-state index in [0.29, 0.717) is 0 Å². The van der Waals surface area contributed by atoms with Crippen molar-refractivity contribution in [3.63, 3.8) is 0 Å². The molecule has 0 fully saturated rings. The van der Waals surface area contributed by atoms with E-state index >= 15 is 0 Å². The maximum atomic E-state index is 4.73. The molecule has 0 saturated heterocycles. The molecule has 146 valence electrons. The molecule has 3 nitrogen and oxygen atoms in total. The van der Waals surface area contributed by atoms with Gasteiger partial charge in [-0.2, -0.15) is 0 Å². The summed E-state index contributed by atoms with van der Waals surface area (Å²) in [6.45, 7) is 0. The quantitative estimate of drug-likeness (QED) is 0.323. The van der Waals surface area contributed by atoms with Crippen LogP contribution < -0.4 is 8.92 Å². The Morgan fingerprint density at radius 2 is 1.07 bits per heavy atom. The zero-order valence-corrected chi connectivity index (χ0v) is 19.6. The van der Waals surface area contributed by atoms with Crippen molar-refractivity contribution in [1.82, 2.24) is 15.0 Å². The summed E-state index contributed by atoms with van der Waals surface area (Å²) in [6, 6.07) is 40.7. The molecule has 0 saturated carbocycles. The molecule has 0 spiro atoms. The number of benzene rings is 4. The van der Waals surface area contributed by atoms with Gasteiger partial charge in [-0.3, -0.25) is 0 Å². The van der Waals surface area contributed by atoms with E-state index in [9.17, 15) is 0 Å². The first-order chi connectivity index (χ1) is 14.9. The van der Waals surface area contributed by atoms with Gasteiger partial charge in [-0.05, 0) is 0 Å². The fraction of sp³-hybridized carbons (Fsp3) is 0.0400. The van der Waals surface area contributed by atoms with Gasteiger partial charge in [0.15, 0.2) is 0 Å². The van der Waals surface area contributed by atoms with Crippen LogP contribution in [0, 0.1) is 0 Å². The Balaban J connectivity index is 1.77. The van der Waals surface area contributed by atoms with Gasteiger partial charge < -0.3 is 0 Å². The second kappa shape index (κ2) is 8.59. The van der Waals surface area contributed by atoms with Gasteiger partial charge in [0.25, 0.3) is 0 Å². The van der Waals surface area contributed by atoms with Crippen molar-refractivity contribution in [3.05, 3.63) is 121 Å². The van der Waals surface area contributed by atoms with Crippen molar-refractivity contribution < 1.29 is 0 Å². The van der Waals surface area contributed by atoms with Crippen molar-refractivity contribution in [3.8, 4) is 0 Å². The summed E-state index contributed by atoms with van der Waals surface area (Å²) < 4.78 is 4.62. The van der Waals surface area contributed by atoms with Crippen LogP contribution in [0.15, 0.2) is 115 Å². The normalized spacial score (nSPS) is 11.6. The van der Waals surface area contributed by atoms with Crippen LogP contribution in [-0.4, -0.2) is 44.9 Å². The Hall–Kier alpha value is -2.68. The van der Waals surface area contributed by atoms with Crippen LogP contribution in [0.1, 0.15) is 5.56 Å². The van der Waals surface area contributed by atoms with E-state index in [1.165, 1.54) is 14.5 Å². The van der Waals surface area contributed by atoms with Crippen molar-refractivity contribution >= 4 is 49.9 Å². The number of aromatic nitrogens is 3. The van der Waals surface area contributed by atoms with E-state index in [1.54, 1.807) is 0 Å². The molecule has 0 aliphatic heterocycles. The number of rotatable bonds is 6. The third kappa shape index (κ3) is 3.73. The molecule has 5 aromatic rings. The van der Waals surface area contributed by atoms with Gasteiger partial charge in [0.05, 0.1) is 0 Å². The fourth-order valence-electron chi connectivity index (χ4n) is 3.38. The summed E-state index contributed by atoms with van der Waals surface area (Å²) in [5.74, 6) is 0. The number of hydrogen-bond acceptors (Lipinski definition) is 2. The Morgan fingerprint density at radius 3 is 1.67 bits per heavy atom. The molecule has 5 heteroatoms. The molecule has 0 radical (unpaired) electrons. The van der Waals surface area contributed by atoms with Crippen LogP contribution in [0.25, 0.3) is 11.0 Å². The first-order valence-electron chi connectivity index (χ1n) is 9.70. The molecule has 30 heavy (non-hydrogen) atoms. The fourth-order valence-corrected chi connectivity index (χ4v) is 10.6. The molecular weight excluding hydrogens is 500 g/mol. The van der Waals surface area contributed by atoms with Crippen LogP contribution in [0.3, 0.4) is 0 Å². The molecule has 5 rings (SSSR count). The summed E-state index contributed by atoms with van der Waals surface area (Å²) in [6.07, 6.45) is 0. The minimum absolute atomic E-state index is 0.0991. The van der Waals surface area contributed by atoms with Crippen LogP contribution in [-0.2, 0) is 3.34 Å². The summed E-state index contributed by atoms with van der Waals surface area (Å²) in [7, 11) is 0. The van der Waals surface area contributed by atoms with Crippen molar-refractivity contribution in [2.75, 3.05) is 0 Å². The molecular formula is C25H19N3Se2. The van der Waals surface area contributed by atoms with Gasteiger partial charge >= 0.3 is 189 Å². The first-order valence-corrected chi connectivity index (χ1v) is 13.1. The number of fused-ring (bicyclic) bond motifs is 1. The zero-order chi connectivity index (χ0) is 20.2. The molecule has 0 N–H and O–H groups in total. The third-order valence-corrected chi connectivity index (χ3v) is 11.6. The average molecular weight is 519 g/mol. The molecule has 0 amide bonds. The van der Waals surface area contributed by atoms with Gasteiger partial charge in [0.1, 0.15) is 0 Å². The molecule has 4 aromatic carbocycles. The number of nitrogens with zero attached hydrogens (tertiary/aromatic N) is 3. The predicted molar refractivity (Wildman–Crippen MR) is 125 cm³/mol. The van der Waals surface area contributed by atoms with E-state index < -0.39 is 0 Å². The topological polar surface area (TPSA) is 30.7 Å². The molecule has 1 aromatic heterocycles. The van der Waals surface area contributed by atoms with E-state index in [2.05, 4.69) is 113 Å². The Morgan fingerprint density at radius 1 is 0.567 bits per heavy atom. The maximum absolute atomic E-state index is 4.73. The average Bonchev–Trinajstić information content (AvgIpc) is 3.25. The van der Waals surface area contributed by atoms with Crippen LogP contribution in [0.5, 0.6) is 0 Å². The van der Waals surface area contributed by atoms with Crippen molar-refractivity contribution in [2.24, 2.45) is 0 Å². The summed E-state index contributed by atoms with van der Waals surface area (Å²) in [5.41, 5.74) is 3.30. The van der Waals surface area contributed by atoms with Gasteiger partial charge in [-0.15, -0.1) is 0 Å². The summed E-state index contributed by atoms with van der Waals surface area (Å²) >= 11 is 0.198. The Kier molecular flexibility index (Phi) is 5.52. The van der Waals surface area contributed by atoms with Gasteiger partial charge in [-0.1, -0.05) is 0 Å². The number of hydrogen-bond donors (Lipinski definition) is 0. The Labute approximate surface area is 188 Å². The van der Waals surface area contributed by atoms with E-state index in [4.69, 9.17) is 5.21 Å². The van der Waals surface area contributed by atoms with Crippen molar-refractivity contribution in [1.29, 1.82) is 0 Å². The standard InChI is InChI=1S/C25H19N3Se2/c1-4-12-20(13-5-1)25(29-21-14-6-2-7-15-21,30-22-16-8-3-9-17-22)28-24-19-11-10-18-23(24)26-27-28/h1-19H. The second-order valence-corrected chi connectivity index (χ2v) is 13.4. The summed E-state index contributed by atoms with van der Waals surface area (Å²) in [5, 5.41) is 9.26. The molecule has 0 aliphatic carbocycles. The molecule has 0 unspecified atom stereocenters. The second-order valence-electron chi connectivity index (χ2n) is 6.77. The van der Waals surface area contributed by atoms with E-state index in [0.717, 1.165) is 11.0 Å². The molecule has 0 aliphatic rings. The monoisotopic (exact) mass is 521 g/mol. The van der Waals surface area contributed by atoms with Crippen LogP contribution in [0.2, 0.25) is 0 Å². The van der Waals surface area contributed by atoms with Crippen molar-refractivity contribution in [2.45, 2.75) is 3.34 Å². The predicted octanol–water partition coefficient (Wildman–Crippen LogP) is 3.15. The van der Waals surface area contributed by atoms with Gasteiger partial charge in [0.2, 0.25) is 0 Å². The SMILES string of the molecule is c1ccc([Se]C([Se]c2ccccc2)(c2ccccc2)n2nnc3ccccc32)cc1. The third-order valence-electron chi connectivity index (χ3n) is 4.77. The Bertz CT molecular complexity index is 1200. The molecule has 1 heterocycles. The summed E-state index contributed by atoms with van der Waals surface area (Å²) in [4.78, 5) is 0. The minimum atomic E-state index is -0.278. The van der Waals surface area contributed by atoms with Gasteiger partial charge in [-0.25, -0.2) is 0 Å². The van der Waals surface area contributed by atoms with E-state index in [-0.39, 0.29) is 33.2 Å².